The van der Waals surface area contributed by atoms with Gasteiger partial charge in [-0.05, 0) is 35.2 Å². The molecule has 5 rings (SSSR count). The van der Waals surface area contributed by atoms with Crippen LogP contribution in [0.5, 0.6) is 0 Å². The quantitative estimate of drug-likeness (QED) is 0.266. The molecule has 8 heteroatoms. The van der Waals surface area contributed by atoms with Crippen LogP contribution in [0.3, 0.4) is 0 Å². The Balaban J connectivity index is 1.23. The normalized spacial score (nSPS) is 16.9. The number of esters is 1. The van der Waals surface area contributed by atoms with Crippen molar-refractivity contribution in [1.29, 1.82) is 5.26 Å². The van der Waals surface area contributed by atoms with Crippen molar-refractivity contribution in [1.82, 2.24) is 19.8 Å². The minimum Gasteiger partial charge on any atom is -0.469 e. The molecule has 2 atom stereocenters. The van der Waals surface area contributed by atoms with Gasteiger partial charge in [-0.15, -0.1) is 0 Å². The number of nitrogens with one attached hydrogen (secondary N) is 1. The summed E-state index contributed by atoms with van der Waals surface area (Å²) < 4.78 is 7.17. The summed E-state index contributed by atoms with van der Waals surface area (Å²) in [4.78, 5) is 32.7. The van der Waals surface area contributed by atoms with E-state index < -0.39 is 0 Å². The highest BCUT2D eigenvalue weighted by Crippen LogP contribution is 2.30. The number of amides is 1. The predicted molar refractivity (Wildman–Crippen MR) is 164 cm³/mol. The van der Waals surface area contributed by atoms with Crippen LogP contribution >= 0.6 is 0 Å². The maximum atomic E-state index is 13.5. The highest BCUT2D eigenvalue weighted by Gasteiger charge is 2.36. The number of likely N-dealkylation sites (tertiary alicyclic amines) is 1. The largest absolute Gasteiger partial charge is 0.469 e. The molecule has 1 aliphatic rings. The molecule has 1 saturated heterocycles. The minimum absolute atomic E-state index is 0.0484. The van der Waals surface area contributed by atoms with Crippen molar-refractivity contribution in [2.24, 2.45) is 11.8 Å². The zero-order valence-corrected chi connectivity index (χ0v) is 24.4. The Labute approximate surface area is 252 Å². The van der Waals surface area contributed by atoms with Gasteiger partial charge in [0.25, 0.3) is 0 Å². The monoisotopic (exact) mass is 575 g/mol. The van der Waals surface area contributed by atoms with Crippen molar-refractivity contribution in [2.75, 3.05) is 33.3 Å². The van der Waals surface area contributed by atoms with Gasteiger partial charge in [-0.3, -0.25) is 9.59 Å². The molecule has 0 spiro atoms. The molecular formula is C35H37N5O3. The first-order chi connectivity index (χ1) is 21.0. The molecule has 1 aromatic heterocycles. The van der Waals surface area contributed by atoms with Crippen LogP contribution in [0.15, 0.2) is 97.5 Å². The first-order valence-corrected chi connectivity index (χ1v) is 14.7. The third-order valence-corrected chi connectivity index (χ3v) is 8.19. The number of carbonyl (C=O) groups is 2. The maximum Gasteiger partial charge on any atom is 0.309 e. The molecule has 43 heavy (non-hydrogen) atoms. The van der Waals surface area contributed by atoms with Crippen LogP contribution in [-0.4, -0.2) is 59.6 Å². The number of hydrogen-bond donors (Lipinski definition) is 1. The molecule has 1 aliphatic heterocycles. The lowest BCUT2D eigenvalue weighted by Gasteiger charge is -2.38. The Morgan fingerprint density at radius 3 is 2.26 bits per heavy atom. The van der Waals surface area contributed by atoms with Gasteiger partial charge >= 0.3 is 5.97 Å². The third-order valence-electron chi connectivity index (χ3n) is 8.19. The summed E-state index contributed by atoms with van der Waals surface area (Å²) in [6.45, 7) is 2.93. The fourth-order valence-corrected chi connectivity index (χ4v) is 5.94. The number of rotatable bonds is 11. The number of ether oxygens (including phenoxy) is 1. The van der Waals surface area contributed by atoms with E-state index in [9.17, 15) is 9.59 Å². The smallest absolute Gasteiger partial charge is 0.309 e. The SMILES string of the molecule is COC(=O)[C@H]1C[C@@H](C(=O)NCCc2cncn2Cc2ccc(C#N)cc2)CN(CC(c2ccccc2)c2ccccc2)C1. The van der Waals surface area contributed by atoms with Crippen LogP contribution in [0.4, 0.5) is 0 Å². The molecule has 1 amide bonds. The van der Waals surface area contributed by atoms with Gasteiger partial charge in [0.15, 0.2) is 0 Å². The lowest BCUT2D eigenvalue weighted by Crippen LogP contribution is -2.49. The summed E-state index contributed by atoms with van der Waals surface area (Å²) in [5, 5.41) is 12.2. The summed E-state index contributed by atoms with van der Waals surface area (Å²) >= 11 is 0. The fraction of sp³-hybridized carbons (Fsp3) is 0.314. The molecule has 0 bridgehead atoms. The Bertz CT molecular complexity index is 1490. The van der Waals surface area contributed by atoms with Gasteiger partial charge in [-0.2, -0.15) is 5.26 Å². The van der Waals surface area contributed by atoms with Crippen molar-refractivity contribution in [3.63, 3.8) is 0 Å². The van der Waals surface area contributed by atoms with Gasteiger partial charge in [0, 0.05) is 57.0 Å². The van der Waals surface area contributed by atoms with E-state index in [-0.39, 0.29) is 29.6 Å². The van der Waals surface area contributed by atoms with E-state index in [0.29, 0.717) is 51.1 Å². The highest BCUT2D eigenvalue weighted by molar-refractivity contribution is 5.80. The zero-order valence-electron chi connectivity index (χ0n) is 24.4. The zero-order chi connectivity index (χ0) is 30.0. The van der Waals surface area contributed by atoms with E-state index >= 15 is 0 Å². The fourth-order valence-electron chi connectivity index (χ4n) is 5.94. The number of carbonyl (C=O) groups excluding carboxylic acids is 2. The number of aromatic nitrogens is 2. The van der Waals surface area contributed by atoms with Crippen molar-refractivity contribution in [3.8, 4) is 6.07 Å². The molecule has 0 unspecified atom stereocenters. The lowest BCUT2D eigenvalue weighted by molar-refractivity contribution is -0.149. The summed E-state index contributed by atoms with van der Waals surface area (Å²) in [5.74, 6) is -0.902. The number of nitrogens with zero attached hydrogens (tertiary/aromatic N) is 4. The van der Waals surface area contributed by atoms with E-state index in [1.54, 1.807) is 6.33 Å². The average molecular weight is 576 g/mol. The third kappa shape index (κ3) is 7.76. The van der Waals surface area contributed by atoms with Crippen LogP contribution in [0.1, 0.15) is 40.3 Å². The number of hydrogen-bond acceptors (Lipinski definition) is 6. The van der Waals surface area contributed by atoms with Gasteiger partial charge < -0.3 is 19.5 Å². The van der Waals surface area contributed by atoms with E-state index in [1.165, 1.54) is 18.2 Å². The summed E-state index contributed by atoms with van der Waals surface area (Å²) in [7, 11) is 1.41. The molecule has 2 heterocycles. The Kier molecular flexibility index (Phi) is 9.98. The van der Waals surface area contributed by atoms with E-state index in [2.05, 4.69) is 50.1 Å². The van der Waals surface area contributed by atoms with Crippen LogP contribution in [-0.2, 0) is 27.3 Å². The maximum absolute atomic E-state index is 13.5. The van der Waals surface area contributed by atoms with Gasteiger partial charge in [0.1, 0.15) is 0 Å². The van der Waals surface area contributed by atoms with Crippen LogP contribution in [0.25, 0.3) is 0 Å². The Hall–Kier alpha value is -4.74. The summed E-state index contributed by atoms with van der Waals surface area (Å²) in [6, 6.07) is 30.4. The van der Waals surface area contributed by atoms with E-state index in [4.69, 9.17) is 10.00 Å². The molecular weight excluding hydrogens is 538 g/mol. The Morgan fingerprint density at radius 2 is 1.63 bits per heavy atom. The van der Waals surface area contributed by atoms with Gasteiger partial charge in [0.05, 0.1) is 36.9 Å². The van der Waals surface area contributed by atoms with Crippen molar-refractivity contribution >= 4 is 11.9 Å². The topological polar surface area (TPSA) is 100 Å². The van der Waals surface area contributed by atoms with Gasteiger partial charge in [-0.1, -0.05) is 72.8 Å². The predicted octanol–water partition coefficient (Wildman–Crippen LogP) is 4.40. The molecule has 220 valence electrons. The van der Waals surface area contributed by atoms with Gasteiger partial charge in [0.2, 0.25) is 5.91 Å². The number of piperidine rings is 1. The van der Waals surface area contributed by atoms with Gasteiger partial charge in [-0.25, -0.2) is 4.98 Å². The van der Waals surface area contributed by atoms with E-state index in [1.807, 2.05) is 66.9 Å². The first-order valence-electron chi connectivity index (χ1n) is 14.7. The average Bonchev–Trinajstić information content (AvgIpc) is 3.50. The van der Waals surface area contributed by atoms with Crippen LogP contribution in [0, 0.1) is 23.2 Å². The Morgan fingerprint density at radius 1 is 0.977 bits per heavy atom. The second-order valence-corrected chi connectivity index (χ2v) is 11.1. The molecule has 1 fully saturated rings. The number of methoxy groups -OCH3 is 1. The van der Waals surface area contributed by atoms with Crippen LogP contribution in [0.2, 0.25) is 0 Å². The molecule has 3 aromatic carbocycles. The second-order valence-electron chi connectivity index (χ2n) is 11.1. The standard InChI is InChI=1S/C35H37N5O3/c1-43-35(42)31-18-30(22-39(23-31)24-33(28-8-4-2-5-9-28)29-10-6-3-7-11-29)34(41)38-17-16-32-20-37-25-40(32)21-27-14-12-26(19-36)13-15-27/h2-15,20,25,30-31,33H,16-18,21-24H2,1H3,(H,38,41)/t30-,31+/m1/s1. The summed E-state index contributed by atoms with van der Waals surface area (Å²) in [5.41, 5.74) is 5.11. The van der Waals surface area contributed by atoms with Crippen molar-refractivity contribution < 1.29 is 14.3 Å². The van der Waals surface area contributed by atoms with E-state index in [0.717, 1.165) is 11.3 Å². The molecule has 1 N–H and O–H groups in total. The summed E-state index contributed by atoms with van der Waals surface area (Å²) in [6.07, 6.45) is 4.69. The molecule has 0 aliphatic carbocycles. The lowest BCUT2D eigenvalue weighted by atomic mass is 9.85. The molecule has 4 aromatic rings. The molecule has 0 saturated carbocycles. The number of imidazole rings is 1. The van der Waals surface area contributed by atoms with Crippen molar-refractivity contribution in [3.05, 3.63) is 125 Å². The minimum atomic E-state index is -0.365. The molecule has 0 radical (unpaired) electrons. The number of nitriles is 1. The van der Waals surface area contributed by atoms with Crippen molar-refractivity contribution in [2.45, 2.75) is 25.3 Å². The number of benzene rings is 3. The highest BCUT2D eigenvalue weighted by atomic mass is 16.5. The first kappa shape index (κ1) is 29.7. The van der Waals surface area contributed by atoms with Crippen LogP contribution < -0.4 is 5.32 Å². The second kappa shape index (κ2) is 14.4. The molecule has 8 nitrogen and oxygen atoms in total.